The molecular formula is C14H10NS. The normalized spacial score (nSPS) is 10.8. The summed E-state index contributed by atoms with van der Waals surface area (Å²) in [4.78, 5) is 4.61. The van der Waals surface area contributed by atoms with Crippen LogP contribution >= 0.6 is 11.3 Å². The summed E-state index contributed by atoms with van der Waals surface area (Å²) in [6.07, 6.45) is 0. The molecule has 0 saturated carbocycles. The van der Waals surface area contributed by atoms with Gasteiger partial charge in [0.25, 0.3) is 0 Å². The Hall–Kier alpha value is -1.67. The fourth-order valence-corrected chi connectivity index (χ4v) is 2.61. The topological polar surface area (TPSA) is 12.9 Å². The van der Waals surface area contributed by atoms with E-state index in [0.717, 1.165) is 21.7 Å². The molecule has 1 aromatic heterocycles. The summed E-state index contributed by atoms with van der Waals surface area (Å²) in [5.74, 6) is 0. The highest BCUT2D eigenvalue weighted by molar-refractivity contribution is 7.21. The van der Waals surface area contributed by atoms with Crippen LogP contribution in [0.25, 0.3) is 20.8 Å². The molecule has 3 aromatic rings. The average Bonchev–Trinajstić information content (AvgIpc) is 2.73. The first-order chi connectivity index (χ1) is 7.83. The Balaban J connectivity index is 2.15. The lowest BCUT2D eigenvalue weighted by Crippen LogP contribution is -1.76. The van der Waals surface area contributed by atoms with Crippen LogP contribution in [-0.2, 0) is 0 Å². The fraction of sp³-hybridized carbons (Fsp3) is 0. The minimum atomic E-state index is 1.03. The van der Waals surface area contributed by atoms with Crippen molar-refractivity contribution in [3.63, 3.8) is 0 Å². The molecule has 0 bridgehead atoms. The minimum Gasteiger partial charge on any atom is -0.236 e. The van der Waals surface area contributed by atoms with Crippen LogP contribution in [0.1, 0.15) is 5.56 Å². The highest BCUT2D eigenvalue weighted by atomic mass is 32.1. The van der Waals surface area contributed by atoms with E-state index in [1.165, 1.54) is 4.70 Å². The smallest absolute Gasteiger partial charge is 0.124 e. The highest BCUT2D eigenvalue weighted by Gasteiger charge is 2.04. The van der Waals surface area contributed by atoms with E-state index in [1.807, 2.05) is 30.3 Å². The molecule has 0 spiro atoms. The number of thiazole rings is 1. The quantitative estimate of drug-likeness (QED) is 0.605. The van der Waals surface area contributed by atoms with Crippen molar-refractivity contribution in [1.29, 1.82) is 0 Å². The van der Waals surface area contributed by atoms with Crippen LogP contribution in [0, 0.1) is 6.92 Å². The van der Waals surface area contributed by atoms with Gasteiger partial charge in [-0.1, -0.05) is 36.4 Å². The van der Waals surface area contributed by atoms with E-state index in [0.29, 0.717) is 0 Å². The lowest BCUT2D eigenvalue weighted by atomic mass is 10.2. The molecule has 1 radical (unpaired) electrons. The number of benzene rings is 2. The van der Waals surface area contributed by atoms with Gasteiger partial charge in [0.1, 0.15) is 5.01 Å². The van der Waals surface area contributed by atoms with Crippen LogP contribution in [0.4, 0.5) is 0 Å². The predicted molar refractivity (Wildman–Crippen MR) is 69.5 cm³/mol. The van der Waals surface area contributed by atoms with Gasteiger partial charge in [-0.05, 0) is 24.6 Å². The Bertz CT molecular complexity index is 590. The zero-order valence-corrected chi connectivity index (χ0v) is 9.50. The van der Waals surface area contributed by atoms with E-state index < -0.39 is 0 Å². The Kier molecular flexibility index (Phi) is 2.22. The second kappa shape index (κ2) is 3.72. The lowest BCUT2D eigenvalue weighted by Gasteiger charge is -1.95. The maximum Gasteiger partial charge on any atom is 0.124 e. The lowest BCUT2D eigenvalue weighted by molar-refractivity contribution is 1.47. The second-order valence-electron chi connectivity index (χ2n) is 3.68. The highest BCUT2D eigenvalue weighted by Crippen LogP contribution is 2.29. The van der Waals surface area contributed by atoms with E-state index in [2.05, 4.69) is 30.1 Å². The molecule has 2 heteroatoms. The third-order valence-corrected chi connectivity index (χ3v) is 3.58. The molecule has 2 aromatic carbocycles. The van der Waals surface area contributed by atoms with Crippen molar-refractivity contribution in [3.8, 4) is 10.6 Å². The Morgan fingerprint density at radius 3 is 2.44 bits per heavy atom. The summed E-state index contributed by atoms with van der Waals surface area (Å²) >= 11 is 1.72. The third kappa shape index (κ3) is 1.61. The standard InChI is InChI=1S/C14H10NS/c1-10-6-8-11(9-7-10)14-15-12-4-2-3-5-13(12)16-14/h2-9H,1H2. The van der Waals surface area contributed by atoms with E-state index >= 15 is 0 Å². The SMILES string of the molecule is [CH2]c1ccc(-c2nc3ccccc3s2)cc1. The van der Waals surface area contributed by atoms with Gasteiger partial charge in [-0.15, -0.1) is 11.3 Å². The predicted octanol–water partition coefficient (Wildman–Crippen LogP) is 4.15. The van der Waals surface area contributed by atoms with Crippen LogP contribution in [0.2, 0.25) is 0 Å². The zero-order chi connectivity index (χ0) is 11.0. The molecule has 0 aliphatic rings. The van der Waals surface area contributed by atoms with Gasteiger partial charge < -0.3 is 0 Å². The summed E-state index contributed by atoms with van der Waals surface area (Å²) in [6.45, 7) is 3.88. The monoisotopic (exact) mass is 224 g/mol. The van der Waals surface area contributed by atoms with Gasteiger partial charge in [0.15, 0.2) is 0 Å². The molecule has 0 aliphatic heterocycles. The molecule has 0 atom stereocenters. The van der Waals surface area contributed by atoms with E-state index in [1.54, 1.807) is 11.3 Å². The molecular weight excluding hydrogens is 214 g/mol. The number of para-hydroxylation sites is 1. The van der Waals surface area contributed by atoms with Crippen molar-refractivity contribution >= 4 is 21.6 Å². The molecule has 0 amide bonds. The fourth-order valence-electron chi connectivity index (χ4n) is 1.64. The molecule has 0 fully saturated rings. The number of hydrogen-bond donors (Lipinski definition) is 0. The van der Waals surface area contributed by atoms with Gasteiger partial charge in [-0.3, -0.25) is 0 Å². The maximum atomic E-state index is 4.61. The Morgan fingerprint density at radius 1 is 0.938 bits per heavy atom. The van der Waals surface area contributed by atoms with Crippen LogP contribution < -0.4 is 0 Å². The third-order valence-electron chi connectivity index (χ3n) is 2.49. The number of aromatic nitrogens is 1. The van der Waals surface area contributed by atoms with Gasteiger partial charge in [-0.25, -0.2) is 4.98 Å². The van der Waals surface area contributed by atoms with Crippen molar-refractivity contribution < 1.29 is 0 Å². The van der Waals surface area contributed by atoms with Crippen LogP contribution in [0.3, 0.4) is 0 Å². The first-order valence-electron chi connectivity index (χ1n) is 5.11. The van der Waals surface area contributed by atoms with Gasteiger partial charge in [0, 0.05) is 5.56 Å². The van der Waals surface area contributed by atoms with Crippen molar-refractivity contribution in [2.75, 3.05) is 0 Å². The first-order valence-corrected chi connectivity index (χ1v) is 5.92. The van der Waals surface area contributed by atoms with Crippen LogP contribution in [0.15, 0.2) is 48.5 Å². The molecule has 77 valence electrons. The summed E-state index contributed by atoms with van der Waals surface area (Å²) in [5.41, 5.74) is 3.26. The van der Waals surface area contributed by atoms with Crippen molar-refractivity contribution in [3.05, 3.63) is 61.0 Å². The minimum absolute atomic E-state index is 1.03. The summed E-state index contributed by atoms with van der Waals surface area (Å²) in [5, 5.41) is 1.07. The van der Waals surface area contributed by atoms with E-state index in [-0.39, 0.29) is 0 Å². The number of nitrogens with zero attached hydrogens (tertiary/aromatic N) is 1. The van der Waals surface area contributed by atoms with Gasteiger partial charge in [-0.2, -0.15) is 0 Å². The van der Waals surface area contributed by atoms with Crippen LogP contribution in [-0.4, -0.2) is 4.98 Å². The summed E-state index contributed by atoms with van der Waals surface area (Å²) < 4.78 is 1.23. The molecule has 0 aliphatic carbocycles. The summed E-state index contributed by atoms with van der Waals surface area (Å²) in [6, 6.07) is 16.4. The maximum absolute atomic E-state index is 4.61. The van der Waals surface area contributed by atoms with Gasteiger partial charge >= 0.3 is 0 Å². The number of hydrogen-bond acceptors (Lipinski definition) is 2. The molecule has 3 rings (SSSR count). The summed E-state index contributed by atoms with van der Waals surface area (Å²) in [7, 11) is 0. The molecule has 0 unspecified atom stereocenters. The van der Waals surface area contributed by atoms with Crippen molar-refractivity contribution in [1.82, 2.24) is 4.98 Å². The molecule has 0 N–H and O–H groups in total. The Labute approximate surface area is 98.4 Å². The van der Waals surface area contributed by atoms with E-state index in [9.17, 15) is 0 Å². The zero-order valence-electron chi connectivity index (χ0n) is 8.68. The average molecular weight is 224 g/mol. The van der Waals surface area contributed by atoms with Gasteiger partial charge in [0.2, 0.25) is 0 Å². The van der Waals surface area contributed by atoms with Crippen molar-refractivity contribution in [2.45, 2.75) is 0 Å². The number of rotatable bonds is 1. The van der Waals surface area contributed by atoms with Crippen LogP contribution in [0.5, 0.6) is 0 Å². The molecule has 0 saturated heterocycles. The first kappa shape index (κ1) is 9.55. The van der Waals surface area contributed by atoms with Gasteiger partial charge in [0.05, 0.1) is 10.2 Å². The largest absolute Gasteiger partial charge is 0.236 e. The number of fused-ring (bicyclic) bond motifs is 1. The van der Waals surface area contributed by atoms with Crippen molar-refractivity contribution in [2.24, 2.45) is 0 Å². The molecule has 1 nitrogen and oxygen atoms in total. The molecule has 1 heterocycles. The Morgan fingerprint density at radius 2 is 1.69 bits per heavy atom. The second-order valence-corrected chi connectivity index (χ2v) is 4.71. The molecule has 16 heavy (non-hydrogen) atoms. The van der Waals surface area contributed by atoms with E-state index in [4.69, 9.17) is 0 Å².